The first-order chi connectivity index (χ1) is 13.8. The Morgan fingerprint density at radius 1 is 1.34 bits per heavy atom. The highest BCUT2D eigenvalue weighted by atomic mass is 32.1. The van der Waals surface area contributed by atoms with Crippen molar-refractivity contribution in [3.05, 3.63) is 52.1 Å². The number of nitrogens with one attached hydrogen (secondary N) is 2. The minimum atomic E-state index is -4.95. The molecule has 4 rings (SSSR count). The lowest BCUT2D eigenvalue weighted by molar-refractivity contribution is -0.143. The Balaban J connectivity index is 1.63. The summed E-state index contributed by atoms with van der Waals surface area (Å²) >= 11 is 5.13. The van der Waals surface area contributed by atoms with Crippen LogP contribution >= 0.6 is 12.2 Å². The van der Waals surface area contributed by atoms with Gasteiger partial charge in [0.2, 0.25) is 0 Å². The van der Waals surface area contributed by atoms with E-state index >= 15 is 0 Å². The van der Waals surface area contributed by atoms with Gasteiger partial charge in [0.25, 0.3) is 5.91 Å². The largest absolute Gasteiger partial charge is 0.435 e. The summed E-state index contributed by atoms with van der Waals surface area (Å²) in [6.45, 7) is -0.146. The number of carbonyl (C=O) groups excluding carboxylic acids is 1. The van der Waals surface area contributed by atoms with Crippen LogP contribution in [0.3, 0.4) is 0 Å². The lowest BCUT2D eigenvalue weighted by Crippen LogP contribution is -2.28. The van der Waals surface area contributed by atoms with E-state index in [2.05, 4.69) is 25.8 Å². The third kappa shape index (κ3) is 3.77. The van der Waals surface area contributed by atoms with E-state index in [4.69, 9.17) is 12.2 Å². The summed E-state index contributed by atoms with van der Waals surface area (Å²) in [5.74, 6) is -1.44. The van der Waals surface area contributed by atoms with E-state index in [1.165, 1.54) is 12.1 Å². The molecule has 0 unspecified atom stereocenters. The van der Waals surface area contributed by atoms with Crippen LogP contribution in [0.15, 0.2) is 24.3 Å². The fourth-order valence-electron chi connectivity index (χ4n) is 2.89. The molecule has 13 heteroatoms. The third-order valence-electron chi connectivity index (χ3n) is 4.30. The SMILES string of the molecule is O=C(NCc1n[nH]c(=S)n1C1CC1)c1nnn(-c2cccc(F)c2)c1C(F)(F)F. The minimum absolute atomic E-state index is 0.146. The zero-order chi connectivity index (χ0) is 20.8. The molecule has 1 aromatic carbocycles. The van der Waals surface area contributed by atoms with Gasteiger partial charge in [-0.3, -0.25) is 14.5 Å². The van der Waals surface area contributed by atoms with Crippen LogP contribution < -0.4 is 5.32 Å². The van der Waals surface area contributed by atoms with E-state index in [0.717, 1.165) is 25.0 Å². The maximum atomic E-state index is 13.6. The molecule has 1 aliphatic rings. The minimum Gasteiger partial charge on any atom is -0.343 e. The van der Waals surface area contributed by atoms with Crippen molar-refractivity contribution in [2.75, 3.05) is 0 Å². The Morgan fingerprint density at radius 3 is 2.76 bits per heavy atom. The lowest BCUT2D eigenvalue weighted by Gasteiger charge is -2.11. The van der Waals surface area contributed by atoms with Gasteiger partial charge >= 0.3 is 6.18 Å². The second-order valence-corrected chi connectivity index (χ2v) is 6.79. The molecule has 0 saturated heterocycles. The number of aromatic amines is 1. The first-order valence-corrected chi connectivity index (χ1v) is 8.89. The molecule has 29 heavy (non-hydrogen) atoms. The van der Waals surface area contributed by atoms with Gasteiger partial charge < -0.3 is 5.32 Å². The summed E-state index contributed by atoms with van der Waals surface area (Å²) in [6, 6.07) is 4.56. The van der Waals surface area contributed by atoms with Crippen molar-refractivity contribution in [2.24, 2.45) is 0 Å². The Kier molecular flexibility index (Phi) is 4.68. The molecule has 1 amide bonds. The normalized spacial score (nSPS) is 14.2. The molecule has 0 radical (unpaired) electrons. The van der Waals surface area contributed by atoms with Gasteiger partial charge in [-0.2, -0.15) is 18.3 Å². The molecule has 1 fully saturated rings. The van der Waals surface area contributed by atoms with Crippen LogP contribution in [-0.2, 0) is 12.7 Å². The number of amides is 1. The number of rotatable bonds is 5. The molecular weight excluding hydrogens is 414 g/mol. The fraction of sp³-hybridized carbons (Fsp3) is 0.312. The van der Waals surface area contributed by atoms with Crippen LogP contribution in [0.5, 0.6) is 0 Å². The third-order valence-corrected chi connectivity index (χ3v) is 4.59. The first-order valence-electron chi connectivity index (χ1n) is 8.48. The maximum absolute atomic E-state index is 13.6. The number of benzene rings is 1. The summed E-state index contributed by atoms with van der Waals surface area (Å²) in [4.78, 5) is 12.4. The van der Waals surface area contributed by atoms with Crippen molar-refractivity contribution in [1.82, 2.24) is 35.1 Å². The van der Waals surface area contributed by atoms with E-state index in [1.54, 1.807) is 4.57 Å². The van der Waals surface area contributed by atoms with Gasteiger partial charge in [-0.25, -0.2) is 9.07 Å². The van der Waals surface area contributed by atoms with Crippen LogP contribution in [-0.4, -0.2) is 35.7 Å². The van der Waals surface area contributed by atoms with Crippen LogP contribution in [0.25, 0.3) is 5.69 Å². The van der Waals surface area contributed by atoms with E-state index in [-0.39, 0.29) is 18.3 Å². The predicted molar refractivity (Wildman–Crippen MR) is 93.2 cm³/mol. The van der Waals surface area contributed by atoms with Gasteiger partial charge in [0.05, 0.1) is 12.2 Å². The van der Waals surface area contributed by atoms with Gasteiger partial charge in [-0.1, -0.05) is 11.3 Å². The number of nitrogens with zero attached hydrogens (tertiary/aromatic N) is 5. The molecule has 2 aromatic heterocycles. The summed E-state index contributed by atoms with van der Waals surface area (Å²) in [5.41, 5.74) is -2.53. The molecule has 1 aliphatic carbocycles. The molecule has 3 aromatic rings. The molecule has 0 bridgehead atoms. The number of hydrogen-bond acceptors (Lipinski definition) is 5. The van der Waals surface area contributed by atoms with Crippen LogP contribution in [0.4, 0.5) is 17.6 Å². The number of alkyl halides is 3. The molecule has 2 N–H and O–H groups in total. The van der Waals surface area contributed by atoms with Crippen LogP contribution in [0, 0.1) is 10.6 Å². The Bertz CT molecular complexity index is 1130. The first kappa shape index (κ1) is 19.2. The zero-order valence-corrected chi connectivity index (χ0v) is 15.4. The van der Waals surface area contributed by atoms with Crippen molar-refractivity contribution in [3.63, 3.8) is 0 Å². The van der Waals surface area contributed by atoms with Crippen molar-refractivity contribution >= 4 is 18.1 Å². The van der Waals surface area contributed by atoms with Gasteiger partial charge in [0, 0.05) is 6.04 Å². The number of H-pyrrole nitrogens is 1. The highest BCUT2D eigenvalue weighted by molar-refractivity contribution is 7.71. The number of hydrogen-bond donors (Lipinski definition) is 2. The van der Waals surface area contributed by atoms with Gasteiger partial charge in [-0.15, -0.1) is 5.10 Å². The average Bonchev–Trinajstić information content (AvgIpc) is 3.25. The van der Waals surface area contributed by atoms with Crippen molar-refractivity contribution < 1.29 is 22.4 Å². The molecule has 0 aliphatic heterocycles. The van der Waals surface area contributed by atoms with Gasteiger partial charge in [-0.05, 0) is 43.3 Å². The predicted octanol–water partition coefficient (Wildman–Crippen LogP) is 2.94. The molecule has 2 heterocycles. The Morgan fingerprint density at radius 2 is 2.10 bits per heavy atom. The smallest absolute Gasteiger partial charge is 0.343 e. The number of carbonyl (C=O) groups is 1. The lowest BCUT2D eigenvalue weighted by atomic mass is 10.2. The zero-order valence-electron chi connectivity index (χ0n) is 14.6. The van der Waals surface area contributed by atoms with Gasteiger partial charge in [0.1, 0.15) is 5.82 Å². The standard InChI is InChI=1S/C16H13F4N7OS/c17-8-2-1-3-10(6-8)27-13(16(18,19)20)12(23-25-27)14(28)21-7-11-22-24-15(29)26(11)9-4-5-9/h1-3,6,9H,4-5,7H2,(H,21,28)(H,24,29). The highest BCUT2D eigenvalue weighted by Gasteiger charge is 2.42. The summed E-state index contributed by atoms with van der Waals surface area (Å²) in [5, 5.41) is 15.8. The van der Waals surface area contributed by atoms with E-state index < -0.39 is 29.3 Å². The topological polar surface area (TPSA) is 93.4 Å². The second kappa shape index (κ2) is 7.06. The van der Waals surface area contributed by atoms with Crippen molar-refractivity contribution in [3.8, 4) is 5.69 Å². The maximum Gasteiger partial charge on any atom is 0.435 e. The van der Waals surface area contributed by atoms with E-state index in [9.17, 15) is 22.4 Å². The van der Waals surface area contributed by atoms with E-state index in [0.29, 0.717) is 15.3 Å². The molecule has 152 valence electrons. The summed E-state index contributed by atoms with van der Waals surface area (Å²) in [7, 11) is 0. The number of aromatic nitrogens is 6. The summed E-state index contributed by atoms with van der Waals surface area (Å²) in [6.07, 6.45) is -3.12. The van der Waals surface area contributed by atoms with Gasteiger partial charge in [0.15, 0.2) is 22.0 Å². The average molecular weight is 427 g/mol. The second-order valence-electron chi connectivity index (χ2n) is 6.40. The monoisotopic (exact) mass is 427 g/mol. The van der Waals surface area contributed by atoms with Crippen LogP contribution in [0.1, 0.15) is 40.9 Å². The Hall–Kier alpha value is -3.09. The number of halogens is 4. The van der Waals surface area contributed by atoms with Crippen molar-refractivity contribution in [1.29, 1.82) is 0 Å². The van der Waals surface area contributed by atoms with E-state index in [1.807, 2.05) is 0 Å². The molecule has 0 spiro atoms. The fourth-order valence-corrected chi connectivity index (χ4v) is 3.19. The quantitative estimate of drug-likeness (QED) is 0.483. The molecule has 0 atom stereocenters. The van der Waals surface area contributed by atoms with Crippen LogP contribution in [0.2, 0.25) is 0 Å². The molecule has 8 nitrogen and oxygen atoms in total. The Labute approximate surface area is 165 Å². The molecule has 1 saturated carbocycles. The van der Waals surface area contributed by atoms with Crippen molar-refractivity contribution in [2.45, 2.75) is 31.6 Å². The summed E-state index contributed by atoms with van der Waals surface area (Å²) < 4.78 is 56.8. The highest BCUT2D eigenvalue weighted by Crippen LogP contribution is 2.36. The molecular formula is C16H13F4N7OS.